The number of carbonyl (C=O) groups is 1. The number of nitrogens with one attached hydrogen (secondary N) is 2. The second kappa shape index (κ2) is 7.35. The van der Waals surface area contributed by atoms with Gasteiger partial charge in [0.1, 0.15) is 23.6 Å². The highest BCUT2D eigenvalue weighted by Gasteiger charge is 2.09. The van der Waals surface area contributed by atoms with Crippen molar-refractivity contribution in [1.82, 2.24) is 14.5 Å². The Morgan fingerprint density at radius 3 is 2.64 bits per heavy atom. The van der Waals surface area contributed by atoms with Crippen LogP contribution in [-0.4, -0.2) is 34.8 Å². The lowest BCUT2D eigenvalue weighted by Crippen LogP contribution is -2.20. The summed E-state index contributed by atoms with van der Waals surface area (Å²) in [7, 11) is 3.09. The summed E-state index contributed by atoms with van der Waals surface area (Å²) in [4.78, 5) is 20.4. The average Bonchev–Trinajstić information content (AvgIpc) is 3.17. The number of imidazole rings is 1. The number of nitrogens with zero attached hydrogens (tertiary/aromatic N) is 3. The van der Waals surface area contributed by atoms with Crippen LogP contribution in [-0.2, 0) is 0 Å². The third-order valence-electron chi connectivity index (χ3n) is 3.43. The second-order valence-corrected chi connectivity index (χ2v) is 5.02. The predicted molar refractivity (Wildman–Crippen MR) is 93.5 cm³/mol. The van der Waals surface area contributed by atoms with Crippen molar-refractivity contribution in [3.8, 4) is 17.3 Å². The Bertz CT molecular complexity index is 847. The minimum Gasteiger partial charge on any atom is -0.497 e. The lowest BCUT2D eigenvalue weighted by Gasteiger charge is -2.12. The van der Waals surface area contributed by atoms with E-state index in [-0.39, 0.29) is 0 Å². The molecule has 3 rings (SSSR count). The fraction of sp³-hybridized carbons (Fsp3) is 0.118. The molecule has 2 heterocycles. The number of amides is 2. The van der Waals surface area contributed by atoms with E-state index in [9.17, 15) is 4.79 Å². The molecule has 0 unspecified atom stereocenters. The zero-order valence-electron chi connectivity index (χ0n) is 13.8. The first-order chi connectivity index (χ1) is 12.2. The van der Waals surface area contributed by atoms with Gasteiger partial charge in [0.05, 0.1) is 31.8 Å². The lowest BCUT2D eigenvalue weighted by molar-refractivity contribution is 0.262. The van der Waals surface area contributed by atoms with Crippen LogP contribution in [0.15, 0.2) is 55.2 Å². The molecule has 25 heavy (non-hydrogen) atoms. The van der Waals surface area contributed by atoms with Gasteiger partial charge in [-0.2, -0.15) is 0 Å². The first-order valence-corrected chi connectivity index (χ1v) is 7.44. The highest BCUT2D eigenvalue weighted by atomic mass is 16.5. The molecule has 0 saturated carbocycles. The Hall–Kier alpha value is -3.55. The van der Waals surface area contributed by atoms with E-state index in [0.717, 1.165) is 0 Å². The van der Waals surface area contributed by atoms with Gasteiger partial charge in [-0.05, 0) is 24.3 Å². The summed E-state index contributed by atoms with van der Waals surface area (Å²) < 4.78 is 12.2. The maximum absolute atomic E-state index is 12.2. The zero-order chi connectivity index (χ0) is 17.6. The maximum atomic E-state index is 12.2. The number of rotatable bonds is 5. The number of aromatic nitrogens is 3. The third-order valence-corrected chi connectivity index (χ3v) is 3.43. The molecule has 0 fully saturated rings. The maximum Gasteiger partial charge on any atom is 0.323 e. The summed E-state index contributed by atoms with van der Waals surface area (Å²) >= 11 is 0. The van der Waals surface area contributed by atoms with Crippen LogP contribution in [0, 0.1) is 0 Å². The van der Waals surface area contributed by atoms with E-state index >= 15 is 0 Å². The number of methoxy groups -OCH3 is 2. The highest BCUT2D eigenvalue weighted by molar-refractivity contribution is 6.00. The van der Waals surface area contributed by atoms with Gasteiger partial charge in [0.15, 0.2) is 0 Å². The molecule has 3 aromatic rings. The van der Waals surface area contributed by atoms with Crippen molar-refractivity contribution in [1.29, 1.82) is 0 Å². The quantitative estimate of drug-likeness (QED) is 0.746. The molecule has 0 spiro atoms. The SMILES string of the molecule is COc1ccc(NC(=O)Nc2ccc(-n3ccnc3)nc2)c(OC)c1. The van der Waals surface area contributed by atoms with Crippen LogP contribution in [0.2, 0.25) is 0 Å². The summed E-state index contributed by atoms with van der Waals surface area (Å²) in [5, 5.41) is 5.45. The van der Waals surface area contributed by atoms with Crippen LogP contribution in [0.4, 0.5) is 16.2 Å². The first-order valence-electron chi connectivity index (χ1n) is 7.44. The first kappa shape index (κ1) is 16.3. The average molecular weight is 339 g/mol. The standard InChI is InChI=1S/C17H17N5O3/c1-24-13-4-5-14(15(9-13)25-2)21-17(23)20-12-3-6-16(19-10-12)22-8-7-18-11-22/h3-11H,1-2H3,(H2,20,21,23). The molecule has 128 valence electrons. The number of carbonyl (C=O) groups excluding carboxylic acids is 1. The van der Waals surface area contributed by atoms with Crippen LogP contribution in [0.3, 0.4) is 0 Å². The van der Waals surface area contributed by atoms with E-state index < -0.39 is 6.03 Å². The molecule has 2 N–H and O–H groups in total. The topological polar surface area (TPSA) is 90.3 Å². The van der Waals surface area contributed by atoms with Crippen molar-refractivity contribution in [3.63, 3.8) is 0 Å². The fourth-order valence-electron chi connectivity index (χ4n) is 2.19. The van der Waals surface area contributed by atoms with Gasteiger partial charge in [-0.25, -0.2) is 14.8 Å². The highest BCUT2D eigenvalue weighted by Crippen LogP contribution is 2.29. The Labute approximate surface area is 144 Å². The number of hydrogen-bond acceptors (Lipinski definition) is 5. The molecule has 0 aliphatic carbocycles. The molecule has 0 bridgehead atoms. The molecule has 0 aliphatic rings. The summed E-state index contributed by atoms with van der Waals surface area (Å²) in [5.41, 5.74) is 1.10. The van der Waals surface area contributed by atoms with E-state index in [4.69, 9.17) is 9.47 Å². The monoisotopic (exact) mass is 339 g/mol. The van der Waals surface area contributed by atoms with Crippen molar-refractivity contribution in [2.24, 2.45) is 0 Å². The number of pyridine rings is 1. The Kier molecular flexibility index (Phi) is 4.79. The number of urea groups is 1. The molecule has 8 heteroatoms. The van der Waals surface area contributed by atoms with Crippen LogP contribution in [0.1, 0.15) is 0 Å². The summed E-state index contributed by atoms with van der Waals surface area (Å²) in [5.74, 6) is 1.85. The van der Waals surface area contributed by atoms with Gasteiger partial charge >= 0.3 is 6.03 Å². The molecule has 1 aromatic carbocycles. The predicted octanol–water partition coefficient (Wildman–Crippen LogP) is 2.93. The van der Waals surface area contributed by atoms with E-state index in [1.165, 1.54) is 7.11 Å². The van der Waals surface area contributed by atoms with Crippen molar-refractivity contribution >= 4 is 17.4 Å². The van der Waals surface area contributed by atoms with Crippen molar-refractivity contribution in [3.05, 3.63) is 55.2 Å². The third kappa shape index (κ3) is 3.86. The molecule has 0 aliphatic heterocycles. The van der Waals surface area contributed by atoms with Gasteiger partial charge in [0.2, 0.25) is 0 Å². The van der Waals surface area contributed by atoms with Crippen molar-refractivity contribution in [2.75, 3.05) is 24.9 Å². The normalized spacial score (nSPS) is 10.2. The summed E-state index contributed by atoms with van der Waals surface area (Å²) in [6.07, 6.45) is 6.68. The van der Waals surface area contributed by atoms with Crippen LogP contribution in [0.5, 0.6) is 11.5 Å². The van der Waals surface area contributed by atoms with Gasteiger partial charge in [-0.1, -0.05) is 0 Å². The van der Waals surface area contributed by atoms with Crippen molar-refractivity contribution in [2.45, 2.75) is 0 Å². The van der Waals surface area contributed by atoms with Crippen LogP contribution in [0.25, 0.3) is 5.82 Å². The molecule has 8 nitrogen and oxygen atoms in total. The van der Waals surface area contributed by atoms with Gasteiger partial charge in [-0.15, -0.1) is 0 Å². The van der Waals surface area contributed by atoms with E-state index in [0.29, 0.717) is 28.7 Å². The Morgan fingerprint density at radius 2 is 2.00 bits per heavy atom. The zero-order valence-corrected chi connectivity index (χ0v) is 13.8. The minimum atomic E-state index is -0.402. The number of anilines is 2. The van der Waals surface area contributed by atoms with E-state index in [2.05, 4.69) is 20.6 Å². The number of hydrogen-bond donors (Lipinski definition) is 2. The van der Waals surface area contributed by atoms with Gasteiger partial charge in [-0.3, -0.25) is 4.57 Å². The number of ether oxygens (including phenoxy) is 2. The molecule has 2 aromatic heterocycles. The van der Waals surface area contributed by atoms with Gasteiger partial charge < -0.3 is 20.1 Å². The largest absolute Gasteiger partial charge is 0.497 e. The van der Waals surface area contributed by atoms with Gasteiger partial charge in [0, 0.05) is 18.5 Å². The molecular weight excluding hydrogens is 322 g/mol. The second-order valence-electron chi connectivity index (χ2n) is 5.02. The Morgan fingerprint density at radius 1 is 1.12 bits per heavy atom. The molecule has 0 saturated heterocycles. The molecular formula is C17H17N5O3. The molecule has 2 amide bonds. The van der Waals surface area contributed by atoms with E-state index in [1.54, 1.807) is 66.9 Å². The Balaban J connectivity index is 1.66. The van der Waals surface area contributed by atoms with Crippen LogP contribution >= 0.6 is 0 Å². The van der Waals surface area contributed by atoms with Gasteiger partial charge in [0.25, 0.3) is 0 Å². The van der Waals surface area contributed by atoms with Crippen LogP contribution < -0.4 is 20.1 Å². The van der Waals surface area contributed by atoms with E-state index in [1.807, 2.05) is 0 Å². The molecule has 0 radical (unpaired) electrons. The smallest absolute Gasteiger partial charge is 0.323 e. The summed E-state index contributed by atoms with van der Waals surface area (Å²) in [6.45, 7) is 0. The van der Waals surface area contributed by atoms with Crippen molar-refractivity contribution < 1.29 is 14.3 Å². The molecule has 0 atom stereocenters. The fourth-order valence-corrected chi connectivity index (χ4v) is 2.19. The minimum absolute atomic E-state index is 0.402. The summed E-state index contributed by atoms with van der Waals surface area (Å²) in [6, 6.07) is 8.27. The lowest BCUT2D eigenvalue weighted by atomic mass is 10.2. The number of benzene rings is 1.